The molecule has 0 unspecified atom stereocenters. The van der Waals surface area contributed by atoms with Gasteiger partial charge in [0.2, 0.25) is 0 Å². The second kappa shape index (κ2) is 11.1. The number of aryl methyl sites for hydroxylation is 1. The Balaban J connectivity index is 1.24. The quantitative estimate of drug-likeness (QED) is 0.197. The van der Waals surface area contributed by atoms with Crippen molar-refractivity contribution in [1.82, 2.24) is 15.0 Å². The summed E-state index contributed by atoms with van der Waals surface area (Å²) in [7, 11) is 0. The number of halogens is 2. The van der Waals surface area contributed by atoms with Gasteiger partial charge >= 0.3 is 0 Å². The number of anilines is 2. The van der Waals surface area contributed by atoms with Gasteiger partial charge in [-0.1, -0.05) is 30.3 Å². The van der Waals surface area contributed by atoms with E-state index in [1.165, 1.54) is 23.5 Å². The van der Waals surface area contributed by atoms with Crippen LogP contribution in [0.15, 0.2) is 79.1 Å². The van der Waals surface area contributed by atoms with Crippen LogP contribution in [0, 0.1) is 25.1 Å². The van der Waals surface area contributed by atoms with Crippen LogP contribution in [0.4, 0.5) is 25.8 Å². The van der Waals surface area contributed by atoms with Crippen molar-refractivity contribution < 1.29 is 18.4 Å². The third-order valence-corrected chi connectivity index (χ3v) is 8.94. The van der Waals surface area contributed by atoms with Gasteiger partial charge in [-0.05, 0) is 60.9 Å². The van der Waals surface area contributed by atoms with Crippen LogP contribution in [0.25, 0.3) is 37.6 Å². The number of hydrogen-bond acceptors (Lipinski definition) is 5. The first-order chi connectivity index (χ1) is 21.8. The van der Waals surface area contributed by atoms with Gasteiger partial charge in [-0.25, -0.2) is 23.6 Å². The Morgan fingerprint density at radius 2 is 1.91 bits per heavy atom. The lowest BCUT2D eigenvalue weighted by atomic mass is 10.1. The number of nitrogens with one attached hydrogen (secondary N) is 2. The SMILES string of the molecule is [C-]#[N+]c1ccc2c(c1)N(C(=O)c1cccc(-c3c[nH]c4ncc(F)cc34)n1)CCc1cc(C(=O)Nc3c(C)cccc3F)sc1-2. The monoisotopic (exact) mass is 616 g/mol. The highest BCUT2D eigenvalue weighted by atomic mass is 32.1. The van der Waals surface area contributed by atoms with Crippen LogP contribution in [-0.4, -0.2) is 33.3 Å². The number of H-pyrrole nitrogens is 1. The zero-order valence-electron chi connectivity index (χ0n) is 23.7. The van der Waals surface area contributed by atoms with Crippen LogP contribution >= 0.6 is 11.3 Å². The standard InChI is InChI=1S/C34H22F2N6O2S/c1-18-5-3-6-25(36)30(18)41-33(43)29-13-19-11-12-42(28-15-21(37-2)9-10-22(28)31(19)45-29)34(44)27-8-4-7-26(40-27)24-17-39-32-23(24)14-20(35)16-38-32/h3-10,13-17H,11-12H2,1H3,(H,38,39)(H,41,43). The zero-order valence-corrected chi connectivity index (χ0v) is 24.5. The van der Waals surface area contributed by atoms with E-state index in [2.05, 4.69) is 25.1 Å². The number of hydrogen-bond donors (Lipinski definition) is 2. The maximum absolute atomic E-state index is 14.4. The molecule has 4 aromatic heterocycles. The third kappa shape index (κ3) is 5.01. The normalized spacial score (nSPS) is 12.3. The molecule has 0 bridgehead atoms. The molecule has 2 aromatic carbocycles. The Morgan fingerprint density at radius 1 is 1.07 bits per heavy atom. The first-order valence-corrected chi connectivity index (χ1v) is 14.8. The number of rotatable bonds is 4. The van der Waals surface area contributed by atoms with Gasteiger partial charge in [-0.2, -0.15) is 0 Å². The molecule has 6 aromatic rings. The number of aromatic amines is 1. The van der Waals surface area contributed by atoms with E-state index in [-0.39, 0.29) is 23.8 Å². The number of benzene rings is 2. The molecule has 1 aliphatic rings. The number of aromatic nitrogens is 3. The molecule has 2 N–H and O–H groups in total. The zero-order chi connectivity index (χ0) is 31.2. The van der Waals surface area contributed by atoms with E-state index in [1.807, 2.05) is 0 Å². The van der Waals surface area contributed by atoms with E-state index in [4.69, 9.17) is 6.57 Å². The molecule has 2 amide bonds. The largest absolute Gasteiger partial charge is 0.345 e. The average Bonchev–Trinajstić information content (AvgIpc) is 3.63. The van der Waals surface area contributed by atoms with Gasteiger partial charge < -0.3 is 15.2 Å². The number of fused-ring (bicyclic) bond motifs is 4. The van der Waals surface area contributed by atoms with Crippen molar-refractivity contribution in [2.75, 3.05) is 16.8 Å². The van der Waals surface area contributed by atoms with Crippen molar-refractivity contribution in [3.05, 3.63) is 124 Å². The van der Waals surface area contributed by atoms with Crippen molar-refractivity contribution >= 4 is 51.2 Å². The molecule has 0 radical (unpaired) electrons. The highest BCUT2D eigenvalue weighted by molar-refractivity contribution is 7.17. The molecule has 220 valence electrons. The summed E-state index contributed by atoms with van der Waals surface area (Å²) >= 11 is 1.25. The molecule has 0 aliphatic carbocycles. The molecule has 8 nitrogen and oxygen atoms in total. The summed E-state index contributed by atoms with van der Waals surface area (Å²) < 4.78 is 28.4. The number of pyridine rings is 2. The fraction of sp³-hybridized carbons (Fsp3) is 0.0882. The van der Waals surface area contributed by atoms with E-state index in [9.17, 15) is 18.4 Å². The summed E-state index contributed by atoms with van der Waals surface area (Å²) in [5.74, 6) is -1.80. The van der Waals surface area contributed by atoms with Gasteiger partial charge in [0.05, 0.1) is 29.0 Å². The number of amides is 2. The molecular formula is C34H22F2N6O2S. The number of carbonyl (C=O) groups excluding carboxylic acids is 2. The lowest BCUT2D eigenvalue weighted by molar-refractivity contribution is 0.0981. The summed E-state index contributed by atoms with van der Waals surface area (Å²) in [5, 5.41) is 3.24. The minimum atomic E-state index is -0.515. The maximum atomic E-state index is 14.4. The lowest BCUT2D eigenvalue weighted by Crippen LogP contribution is -2.33. The van der Waals surface area contributed by atoms with Crippen molar-refractivity contribution in [3.8, 4) is 21.7 Å². The molecule has 11 heteroatoms. The summed E-state index contributed by atoms with van der Waals surface area (Å²) in [5.41, 5.74) is 4.94. The predicted octanol–water partition coefficient (Wildman–Crippen LogP) is 7.95. The van der Waals surface area contributed by atoms with Crippen LogP contribution in [0.3, 0.4) is 0 Å². The fourth-order valence-corrected chi connectivity index (χ4v) is 6.66. The summed E-state index contributed by atoms with van der Waals surface area (Å²) in [4.78, 5) is 45.4. The minimum Gasteiger partial charge on any atom is -0.345 e. The van der Waals surface area contributed by atoms with Crippen LogP contribution in [0.5, 0.6) is 0 Å². The van der Waals surface area contributed by atoms with Gasteiger partial charge in [-0.3, -0.25) is 9.59 Å². The third-order valence-electron chi connectivity index (χ3n) is 7.73. The Morgan fingerprint density at radius 3 is 2.73 bits per heavy atom. The molecule has 45 heavy (non-hydrogen) atoms. The number of para-hydroxylation sites is 1. The molecule has 0 spiro atoms. The van der Waals surface area contributed by atoms with E-state index in [1.54, 1.807) is 72.6 Å². The summed E-state index contributed by atoms with van der Waals surface area (Å²) in [6, 6.07) is 17.9. The number of carbonyl (C=O) groups is 2. The number of thiophene rings is 1. The molecule has 0 atom stereocenters. The van der Waals surface area contributed by atoms with E-state index in [0.717, 1.165) is 16.6 Å². The van der Waals surface area contributed by atoms with E-state index < -0.39 is 17.5 Å². The highest BCUT2D eigenvalue weighted by Gasteiger charge is 2.29. The van der Waals surface area contributed by atoms with Gasteiger partial charge in [0, 0.05) is 39.8 Å². The molecule has 0 fully saturated rings. The Labute approximate surface area is 259 Å². The van der Waals surface area contributed by atoms with Gasteiger partial charge in [0.15, 0.2) is 5.69 Å². The predicted molar refractivity (Wildman–Crippen MR) is 170 cm³/mol. The second-order valence-electron chi connectivity index (χ2n) is 10.5. The van der Waals surface area contributed by atoms with Gasteiger partial charge in [0.25, 0.3) is 11.8 Å². The average molecular weight is 617 g/mol. The lowest BCUT2D eigenvalue weighted by Gasteiger charge is -2.23. The van der Waals surface area contributed by atoms with E-state index in [0.29, 0.717) is 56.1 Å². The Kier molecular flexibility index (Phi) is 6.91. The maximum Gasteiger partial charge on any atom is 0.276 e. The van der Waals surface area contributed by atoms with Crippen LogP contribution in [0.1, 0.15) is 31.3 Å². The molecule has 0 saturated heterocycles. The number of nitrogens with zero attached hydrogens (tertiary/aromatic N) is 4. The Bertz CT molecular complexity index is 2200. The van der Waals surface area contributed by atoms with Crippen molar-refractivity contribution in [1.29, 1.82) is 0 Å². The van der Waals surface area contributed by atoms with Crippen LogP contribution < -0.4 is 10.2 Å². The molecule has 5 heterocycles. The first kappa shape index (κ1) is 28.1. The minimum absolute atomic E-state index is 0.133. The van der Waals surface area contributed by atoms with E-state index >= 15 is 0 Å². The summed E-state index contributed by atoms with van der Waals surface area (Å²) in [6.45, 7) is 9.57. The van der Waals surface area contributed by atoms with Crippen molar-refractivity contribution in [3.63, 3.8) is 0 Å². The van der Waals surface area contributed by atoms with Crippen LogP contribution in [-0.2, 0) is 6.42 Å². The molecule has 1 aliphatic heterocycles. The smallest absolute Gasteiger partial charge is 0.276 e. The first-order valence-electron chi connectivity index (χ1n) is 13.9. The topological polar surface area (TPSA) is 95.3 Å². The Hall–Kier alpha value is -5.73. The van der Waals surface area contributed by atoms with Crippen LogP contribution in [0.2, 0.25) is 0 Å². The highest BCUT2D eigenvalue weighted by Crippen LogP contribution is 2.43. The molecule has 7 rings (SSSR count). The molecule has 0 saturated carbocycles. The van der Waals surface area contributed by atoms with Gasteiger partial charge in [-0.15, -0.1) is 11.3 Å². The van der Waals surface area contributed by atoms with Crippen molar-refractivity contribution in [2.45, 2.75) is 13.3 Å². The second-order valence-corrected chi connectivity index (χ2v) is 11.6. The molecular weight excluding hydrogens is 594 g/mol. The summed E-state index contributed by atoms with van der Waals surface area (Å²) in [6.07, 6.45) is 3.23. The van der Waals surface area contributed by atoms with Crippen molar-refractivity contribution in [2.24, 2.45) is 0 Å². The fourth-order valence-electron chi connectivity index (χ4n) is 5.52. The van der Waals surface area contributed by atoms with Gasteiger partial charge in [0.1, 0.15) is 23.0 Å².